The fourth-order valence-electron chi connectivity index (χ4n) is 5.33. The van der Waals surface area contributed by atoms with Crippen molar-refractivity contribution in [3.63, 3.8) is 0 Å². The summed E-state index contributed by atoms with van der Waals surface area (Å²) in [6.07, 6.45) is 5.55. The zero-order valence-electron chi connectivity index (χ0n) is 17.9. The van der Waals surface area contributed by atoms with E-state index >= 15 is 0 Å². The van der Waals surface area contributed by atoms with Gasteiger partial charge in [0.05, 0.1) is 0 Å². The highest BCUT2D eigenvalue weighted by Gasteiger charge is 2.39. The van der Waals surface area contributed by atoms with Crippen molar-refractivity contribution in [1.82, 2.24) is 15.5 Å². The highest BCUT2D eigenvalue weighted by Crippen LogP contribution is 2.33. The topological polar surface area (TPSA) is 81.8 Å². The third-order valence-electron chi connectivity index (χ3n) is 6.78. The van der Waals surface area contributed by atoms with Crippen LogP contribution in [0.1, 0.15) is 68.3 Å². The first kappa shape index (κ1) is 20.8. The molecule has 1 aliphatic carbocycles. The van der Waals surface area contributed by atoms with E-state index in [4.69, 9.17) is 0 Å². The number of anilines is 1. The lowest BCUT2D eigenvalue weighted by Gasteiger charge is -2.41. The molecule has 3 aliphatic rings. The molecule has 1 saturated heterocycles. The molecule has 30 heavy (non-hydrogen) atoms. The van der Waals surface area contributed by atoms with Crippen LogP contribution in [0.5, 0.6) is 0 Å². The van der Waals surface area contributed by atoms with Gasteiger partial charge in [0.1, 0.15) is 6.04 Å². The number of fused-ring (bicyclic) bond motifs is 1. The molecule has 2 fully saturated rings. The molecular formula is C23H32N4O3. The Kier molecular flexibility index (Phi) is 6.09. The van der Waals surface area contributed by atoms with E-state index in [1.165, 1.54) is 25.7 Å². The van der Waals surface area contributed by atoms with Gasteiger partial charge in [-0.15, -0.1) is 0 Å². The number of carbonyl (C=O) groups is 3. The third kappa shape index (κ3) is 3.83. The Morgan fingerprint density at radius 2 is 1.93 bits per heavy atom. The quantitative estimate of drug-likeness (QED) is 0.700. The standard InChI is InChI=1S/C23H32N4O3/c1-3-24-18-7-5-6-8-19(18)26(4-2)16-9-10-17-15(13-16)14-27(23(17)30)20-11-12-21(28)25-22(20)29/h9-10,13,18-20,24H,3-8,11-12,14H2,1-2H3,(H,25,28,29)/t18-,19-,20?/m1/s1. The van der Waals surface area contributed by atoms with Crippen molar-refractivity contribution >= 4 is 23.4 Å². The predicted molar refractivity (Wildman–Crippen MR) is 115 cm³/mol. The molecule has 3 atom stereocenters. The zero-order valence-corrected chi connectivity index (χ0v) is 17.9. The van der Waals surface area contributed by atoms with Gasteiger partial charge in [0.25, 0.3) is 5.91 Å². The van der Waals surface area contributed by atoms with E-state index in [0.717, 1.165) is 24.3 Å². The number of imide groups is 1. The number of amides is 3. The molecule has 7 nitrogen and oxygen atoms in total. The zero-order chi connectivity index (χ0) is 21.3. The molecule has 1 saturated carbocycles. The molecule has 2 aliphatic heterocycles. The highest BCUT2D eigenvalue weighted by atomic mass is 16.2. The van der Waals surface area contributed by atoms with Crippen LogP contribution in [-0.2, 0) is 16.1 Å². The molecule has 0 bridgehead atoms. The predicted octanol–water partition coefficient (Wildman–Crippen LogP) is 2.19. The Morgan fingerprint density at radius 1 is 1.13 bits per heavy atom. The second-order valence-corrected chi connectivity index (χ2v) is 8.54. The Morgan fingerprint density at radius 3 is 2.67 bits per heavy atom. The number of nitrogens with zero attached hydrogens (tertiary/aromatic N) is 2. The van der Waals surface area contributed by atoms with Gasteiger partial charge in [-0.25, -0.2) is 0 Å². The largest absolute Gasteiger partial charge is 0.367 e. The lowest BCUT2D eigenvalue weighted by Crippen LogP contribution is -2.52. The van der Waals surface area contributed by atoms with E-state index in [9.17, 15) is 14.4 Å². The van der Waals surface area contributed by atoms with Gasteiger partial charge in [-0.3, -0.25) is 19.7 Å². The van der Waals surface area contributed by atoms with E-state index in [-0.39, 0.29) is 24.1 Å². The summed E-state index contributed by atoms with van der Waals surface area (Å²) in [4.78, 5) is 40.8. The van der Waals surface area contributed by atoms with Crippen LogP contribution in [0, 0.1) is 0 Å². The first-order valence-corrected chi connectivity index (χ1v) is 11.3. The summed E-state index contributed by atoms with van der Waals surface area (Å²) in [5.41, 5.74) is 2.78. The molecular weight excluding hydrogens is 380 g/mol. The minimum atomic E-state index is -0.565. The summed E-state index contributed by atoms with van der Waals surface area (Å²) in [6, 6.07) is 6.45. The molecule has 162 valence electrons. The Labute approximate surface area is 178 Å². The summed E-state index contributed by atoms with van der Waals surface area (Å²) in [6.45, 7) is 6.65. The van der Waals surface area contributed by atoms with Crippen LogP contribution in [-0.4, -0.2) is 53.8 Å². The van der Waals surface area contributed by atoms with E-state index < -0.39 is 6.04 Å². The smallest absolute Gasteiger partial charge is 0.255 e. The van der Waals surface area contributed by atoms with Crippen molar-refractivity contribution in [1.29, 1.82) is 0 Å². The summed E-state index contributed by atoms with van der Waals surface area (Å²) >= 11 is 0. The summed E-state index contributed by atoms with van der Waals surface area (Å²) in [5, 5.41) is 6.03. The third-order valence-corrected chi connectivity index (χ3v) is 6.78. The van der Waals surface area contributed by atoms with Crippen molar-refractivity contribution in [2.45, 2.75) is 77.0 Å². The Bertz CT molecular complexity index is 838. The van der Waals surface area contributed by atoms with Crippen molar-refractivity contribution in [2.24, 2.45) is 0 Å². The normalized spacial score (nSPS) is 26.5. The van der Waals surface area contributed by atoms with Crippen LogP contribution in [0.3, 0.4) is 0 Å². The van der Waals surface area contributed by atoms with Crippen molar-refractivity contribution in [3.05, 3.63) is 29.3 Å². The number of likely N-dealkylation sites (N-methyl/N-ethyl adjacent to an activating group) is 2. The Balaban J connectivity index is 1.55. The molecule has 1 aromatic carbocycles. The van der Waals surface area contributed by atoms with Crippen LogP contribution in [0.2, 0.25) is 0 Å². The van der Waals surface area contributed by atoms with Crippen LogP contribution in [0.4, 0.5) is 5.69 Å². The van der Waals surface area contributed by atoms with E-state index in [1.807, 2.05) is 12.1 Å². The molecule has 1 unspecified atom stereocenters. The first-order valence-electron chi connectivity index (χ1n) is 11.3. The SMILES string of the molecule is CCN[C@@H]1CCCC[C@H]1N(CC)c1ccc2c(c1)CN(C1CCC(=O)NC1=O)C2=O. The molecule has 4 rings (SSSR count). The second-order valence-electron chi connectivity index (χ2n) is 8.54. The van der Waals surface area contributed by atoms with Crippen molar-refractivity contribution in [3.8, 4) is 0 Å². The number of hydrogen-bond donors (Lipinski definition) is 2. The van der Waals surface area contributed by atoms with Gasteiger partial charge in [-0.05, 0) is 56.5 Å². The molecule has 0 spiro atoms. The monoisotopic (exact) mass is 412 g/mol. The second kappa shape index (κ2) is 8.76. The summed E-state index contributed by atoms with van der Waals surface area (Å²) in [7, 11) is 0. The van der Waals surface area contributed by atoms with Crippen molar-refractivity contribution in [2.75, 3.05) is 18.0 Å². The summed E-state index contributed by atoms with van der Waals surface area (Å²) in [5.74, 6) is -0.736. The number of carbonyl (C=O) groups excluding carboxylic acids is 3. The lowest BCUT2D eigenvalue weighted by atomic mass is 9.88. The van der Waals surface area contributed by atoms with Crippen LogP contribution >= 0.6 is 0 Å². The molecule has 2 N–H and O–H groups in total. The molecule has 0 aromatic heterocycles. The minimum Gasteiger partial charge on any atom is -0.367 e. The number of piperidine rings is 1. The maximum Gasteiger partial charge on any atom is 0.255 e. The van der Waals surface area contributed by atoms with Gasteiger partial charge >= 0.3 is 0 Å². The van der Waals surface area contributed by atoms with Gasteiger partial charge in [-0.2, -0.15) is 0 Å². The molecule has 0 radical (unpaired) electrons. The van der Waals surface area contributed by atoms with Gasteiger partial charge in [0, 0.05) is 42.8 Å². The number of nitrogens with one attached hydrogen (secondary N) is 2. The van der Waals surface area contributed by atoms with Gasteiger partial charge < -0.3 is 15.1 Å². The number of hydrogen-bond acceptors (Lipinski definition) is 5. The van der Waals surface area contributed by atoms with Crippen molar-refractivity contribution < 1.29 is 14.4 Å². The summed E-state index contributed by atoms with van der Waals surface area (Å²) < 4.78 is 0. The van der Waals surface area contributed by atoms with Gasteiger partial charge in [0.2, 0.25) is 11.8 Å². The van der Waals surface area contributed by atoms with Crippen LogP contribution in [0.15, 0.2) is 18.2 Å². The van der Waals surface area contributed by atoms with E-state index in [2.05, 4.69) is 35.4 Å². The Hall–Kier alpha value is -2.41. The van der Waals surface area contributed by atoms with E-state index in [1.54, 1.807) is 4.90 Å². The number of rotatable bonds is 6. The molecule has 7 heteroatoms. The maximum absolute atomic E-state index is 13.0. The molecule has 3 amide bonds. The van der Waals surface area contributed by atoms with E-state index in [0.29, 0.717) is 30.6 Å². The fraction of sp³-hybridized carbons (Fsp3) is 0.609. The maximum atomic E-state index is 13.0. The van der Waals surface area contributed by atoms with Crippen LogP contribution in [0.25, 0.3) is 0 Å². The first-order chi connectivity index (χ1) is 14.5. The van der Waals surface area contributed by atoms with Crippen LogP contribution < -0.4 is 15.5 Å². The lowest BCUT2D eigenvalue weighted by molar-refractivity contribution is -0.136. The number of benzene rings is 1. The highest BCUT2D eigenvalue weighted by molar-refractivity contribution is 6.05. The fourth-order valence-corrected chi connectivity index (χ4v) is 5.33. The molecule has 2 heterocycles. The molecule has 1 aromatic rings. The average Bonchev–Trinajstić information content (AvgIpc) is 3.06. The minimum absolute atomic E-state index is 0.114. The average molecular weight is 413 g/mol. The van der Waals surface area contributed by atoms with Gasteiger partial charge in [-0.1, -0.05) is 19.8 Å². The van der Waals surface area contributed by atoms with Gasteiger partial charge in [0.15, 0.2) is 0 Å².